The van der Waals surface area contributed by atoms with Gasteiger partial charge < -0.3 is 4.90 Å². The van der Waals surface area contributed by atoms with Gasteiger partial charge in [-0.3, -0.25) is 14.5 Å². The molecule has 0 aromatic carbocycles. The predicted molar refractivity (Wildman–Crippen MR) is 87.6 cm³/mol. The highest BCUT2D eigenvalue weighted by Crippen LogP contribution is 2.22. The highest BCUT2D eigenvalue weighted by atomic mass is 16.2. The summed E-state index contributed by atoms with van der Waals surface area (Å²) in [5.41, 5.74) is 2.87. The van der Waals surface area contributed by atoms with Gasteiger partial charge in [0.25, 0.3) is 0 Å². The van der Waals surface area contributed by atoms with Crippen LogP contribution in [-0.4, -0.2) is 43.6 Å². The minimum atomic E-state index is 0.163. The second-order valence-electron chi connectivity index (χ2n) is 6.16. The summed E-state index contributed by atoms with van der Waals surface area (Å²) < 4.78 is 1.97. The van der Waals surface area contributed by atoms with Gasteiger partial charge in [-0.1, -0.05) is 6.92 Å². The van der Waals surface area contributed by atoms with Gasteiger partial charge in [0.1, 0.15) is 5.69 Å². The van der Waals surface area contributed by atoms with Crippen LogP contribution in [0.1, 0.15) is 32.4 Å². The zero-order valence-corrected chi connectivity index (χ0v) is 13.8. The highest BCUT2D eigenvalue weighted by Gasteiger charge is 2.24. The number of hydrogen-bond acceptors (Lipinski definition) is 4. The van der Waals surface area contributed by atoms with Gasteiger partial charge in [-0.15, -0.1) is 0 Å². The van der Waals surface area contributed by atoms with Crippen molar-refractivity contribution in [3.63, 3.8) is 0 Å². The fourth-order valence-electron chi connectivity index (χ4n) is 3.15. The first-order valence-corrected chi connectivity index (χ1v) is 8.26. The minimum absolute atomic E-state index is 0.163. The maximum Gasteiger partial charge on any atom is 0.219 e. The second-order valence-corrected chi connectivity index (χ2v) is 6.16. The molecule has 0 N–H and O–H groups in total. The van der Waals surface area contributed by atoms with E-state index in [4.69, 9.17) is 4.98 Å². The Morgan fingerprint density at radius 1 is 1.39 bits per heavy atom. The molecule has 6 heteroatoms. The van der Waals surface area contributed by atoms with Gasteiger partial charge in [0.05, 0.1) is 17.6 Å². The van der Waals surface area contributed by atoms with Crippen LogP contribution >= 0.6 is 0 Å². The van der Waals surface area contributed by atoms with Gasteiger partial charge in [-0.25, -0.2) is 4.98 Å². The Balaban J connectivity index is 1.73. The summed E-state index contributed by atoms with van der Waals surface area (Å²) in [6.45, 7) is 6.34. The van der Waals surface area contributed by atoms with Crippen LogP contribution in [0.5, 0.6) is 0 Å². The van der Waals surface area contributed by atoms with Gasteiger partial charge in [0.15, 0.2) is 0 Å². The maximum atomic E-state index is 11.4. The van der Waals surface area contributed by atoms with Crippen molar-refractivity contribution in [1.29, 1.82) is 0 Å². The van der Waals surface area contributed by atoms with E-state index in [1.165, 1.54) is 0 Å². The van der Waals surface area contributed by atoms with Crippen LogP contribution < -0.4 is 0 Å². The fraction of sp³-hybridized carbons (Fsp3) is 0.529. The lowest BCUT2D eigenvalue weighted by molar-refractivity contribution is -0.127. The van der Waals surface area contributed by atoms with E-state index in [0.717, 1.165) is 56.0 Å². The zero-order valence-electron chi connectivity index (χ0n) is 13.8. The van der Waals surface area contributed by atoms with Crippen molar-refractivity contribution in [3.05, 3.63) is 30.4 Å². The normalized spacial score (nSPS) is 17.7. The zero-order chi connectivity index (χ0) is 16.2. The van der Waals surface area contributed by atoms with Crippen molar-refractivity contribution >= 4 is 5.91 Å². The number of carbonyl (C=O) groups excluding carboxylic acids is 1. The third-order valence-electron chi connectivity index (χ3n) is 4.33. The van der Waals surface area contributed by atoms with Crippen molar-refractivity contribution in [1.82, 2.24) is 24.6 Å². The molecule has 0 radical (unpaired) electrons. The Hall–Kier alpha value is -2.24. The van der Waals surface area contributed by atoms with E-state index >= 15 is 0 Å². The van der Waals surface area contributed by atoms with E-state index < -0.39 is 0 Å². The third kappa shape index (κ3) is 3.57. The van der Waals surface area contributed by atoms with Crippen molar-refractivity contribution in [2.45, 2.75) is 39.7 Å². The molecule has 1 aliphatic rings. The molecule has 3 rings (SSSR count). The summed E-state index contributed by atoms with van der Waals surface area (Å²) in [5, 5.41) is 4.35. The van der Waals surface area contributed by atoms with Crippen LogP contribution in [0.15, 0.2) is 24.7 Å². The number of likely N-dealkylation sites (tertiary alicyclic amines) is 1. The number of carbonyl (C=O) groups is 1. The molecule has 1 saturated heterocycles. The second kappa shape index (κ2) is 6.89. The monoisotopic (exact) mass is 313 g/mol. The summed E-state index contributed by atoms with van der Waals surface area (Å²) in [4.78, 5) is 22.5. The van der Waals surface area contributed by atoms with Crippen molar-refractivity contribution in [2.75, 3.05) is 13.1 Å². The number of rotatable bonds is 5. The summed E-state index contributed by atoms with van der Waals surface area (Å²) in [5.74, 6) is 0.639. The largest absolute Gasteiger partial charge is 0.343 e. The molecule has 2 aromatic rings. The Labute approximate surface area is 136 Å². The molecule has 6 nitrogen and oxygen atoms in total. The predicted octanol–water partition coefficient (Wildman–Crippen LogP) is 2.16. The lowest BCUT2D eigenvalue weighted by Crippen LogP contribution is -2.26. The average molecular weight is 313 g/mol. The Morgan fingerprint density at radius 2 is 2.26 bits per heavy atom. The highest BCUT2D eigenvalue weighted by molar-refractivity contribution is 5.73. The average Bonchev–Trinajstić information content (AvgIpc) is 3.17. The Bertz CT molecular complexity index is 681. The molecule has 0 aliphatic carbocycles. The molecule has 0 saturated carbocycles. The summed E-state index contributed by atoms with van der Waals surface area (Å²) in [6.07, 6.45) is 8.38. The van der Waals surface area contributed by atoms with Crippen LogP contribution in [0.4, 0.5) is 0 Å². The first kappa shape index (κ1) is 15.6. The fourth-order valence-corrected chi connectivity index (χ4v) is 3.15. The maximum absolute atomic E-state index is 11.4. The minimum Gasteiger partial charge on any atom is -0.343 e. The molecule has 0 unspecified atom stereocenters. The molecular formula is C17H23N5O. The van der Waals surface area contributed by atoms with Crippen LogP contribution in [-0.2, 0) is 17.8 Å². The lowest BCUT2D eigenvalue weighted by atomic mass is 10.0. The number of nitrogens with zero attached hydrogens (tertiary/aromatic N) is 5. The molecule has 1 fully saturated rings. The Morgan fingerprint density at radius 3 is 3.00 bits per heavy atom. The third-order valence-corrected chi connectivity index (χ3v) is 4.33. The van der Waals surface area contributed by atoms with E-state index in [-0.39, 0.29) is 5.91 Å². The first-order chi connectivity index (χ1) is 11.2. The molecule has 0 spiro atoms. The van der Waals surface area contributed by atoms with Gasteiger partial charge in [-0.2, -0.15) is 5.10 Å². The van der Waals surface area contributed by atoms with Crippen molar-refractivity contribution in [3.8, 4) is 11.4 Å². The Kier molecular flexibility index (Phi) is 4.69. The van der Waals surface area contributed by atoms with E-state index in [2.05, 4.69) is 17.0 Å². The van der Waals surface area contributed by atoms with Gasteiger partial charge in [-0.05, 0) is 31.2 Å². The number of hydrogen-bond donors (Lipinski definition) is 0. The van der Waals surface area contributed by atoms with Crippen LogP contribution in [0.2, 0.25) is 0 Å². The van der Waals surface area contributed by atoms with Gasteiger partial charge in [0, 0.05) is 39.0 Å². The van der Waals surface area contributed by atoms with E-state index in [0.29, 0.717) is 5.92 Å². The van der Waals surface area contributed by atoms with Gasteiger partial charge in [0.2, 0.25) is 5.91 Å². The molecule has 1 amide bonds. The topological polar surface area (TPSA) is 63.9 Å². The summed E-state index contributed by atoms with van der Waals surface area (Å²) in [7, 11) is 0. The number of aromatic nitrogens is 4. The molecule has 1 atom stereocenters. The molecule has 23 heavy (non-hydrogen) atoms. The molecule has 1 aliphatic heterocycles. The van der Waals surface area contributed by atoms with Gasteiger partial charge >= 0.3 is 0 Å². The van der Waals surface area contributed by atoms with E-state index in [1.807, 2.05) is 21.8 Å². The van der Waals surface area contributed by atoms with Crippen molar-refractivity contribution < 1.29 is 4.79 Å². The standard InChI is InChI=1S/C17H23N5O/c1-3-7-22-17(4-6-19-22)16-11-18-10-15(20-16)9-14-5-8-21(12-14)13(2)23/h4,6,10-11,14H,3,5,7-9,12H2,1-2H3/t14-/m1/s1. The molecule has 0 bridgehead atoms. The number of aryl methyl sites for hydroxylation is 1. The summed E-state index contributed by atoms with van der Waals surface area (Å²) in [6, 6.07) is 1.98. The van der Waals surface area contributed by atoms with E-state index in [9.17, 15) is 4.79 Å². The lowest BCUT2D eigenvalue weighted by Gasteiger charge is -2.14. The van der Waals surface area contributed by atoms with E-state index in [1.54, 1.807) is 19.3 Å². The quantitative estimate of drug-likeness (QED) is 0.848. The van der Waals surface area contributed by atoms with Crippen LogP contribution in [0, 0.1) is 5.92 Å². The molecule has 122 valence electrons. The molecular weight excluding hydrogens is 290 g/mol. The van der Waals surface area contributed by atoms with Crippen LogP contribution in [0.25, 0.3) is 11.4 Å². The number of amides is 1. The first-order valence-electron chi connectivity index (χ1n) is 8.26. The smallest absolute Gasteiger partial charge is 0.219 e. The SMILES string of the molecule is CCCn1nccc1-c1cncc(C[C@H]2CCN(C(C)=O)C2)n1. The van der Waals surface area contributed by atoms with Crippen molar-refractivity contribution in [2.24, 2.45) is 5.92 Å². The van der Waals surface area contributed by atoms with Crippen LogP contribution in [0.3, 0.4) is 0 Å². The molecule has 3 heterocycles. The molecule has 2 aromatic heterocycles. The summed E-state index contributed by atoms with van der Waals surface area (Å²) >= 11 is 0.